The van der Waals surface area contributed by atoms with E-state index >= 15 is 0 Å². The molecule has 19 heavy (non-hydrogen) atoms. The summed E-state index contributed by atoms with van der Waals surface area (Å²) in [5, 5.41) is 10.5. The molecule has 2 aromatic heterocycles. The van der Waals surface area contributed by atoms with Crippen LogP contribution in [0.4, 0.5) is 0 Å². The topological polar surface area (TPSA) is 65.2 Å². The van der Waals surface area contributed by atoms with Crippen LogP contribution in [0.1, 0.15) is 6.92 Å². The minimum Gasteiger partial charge on any atom is -0.376 e. The van der Waals surface area contributed by atoms with Gasteiger partial charge >= 0.3 is 5.69 Å². The summed E-state index contributed by atoms with van der Waals surface area (Å²) >= 11 is 1.46. The molecule has 1 aliphatic heterocycles. The molecule has 0 bridgehead atoms. The van der Waals surface area contributed by atoms with E-state index in [1.54, 1.807) is 0 Å². The molecule has 3 rings (SSSR count). The molecule has 0 radical (unpaired) electrons. The summed E-state index contributed by atoms with van der Waals surface area (Å²) in [6.07, 6.45) is 0.191. The molecule has 1 unspecified atom stereocenters. The van der Waals surface area contributed by atoms with E-state index < -0.39 is 0 Å². The molecule has 1 saturated heterocycles. The highest BCUT2D eigenvalue weighted by atomic mass is 32.1. The molecule has 0 amide bonds. The maximum absolute atomic E-state index is 12.2. The van der Waals surface area contributed by atoms with Crippen molar-refractivity contribution in [1.29, 1.82) is 0 Å². The fourth-order valence-electron chi connectivity index (χ4n) is 2.10. The Morgan fingerprint density at radius 2 is 2.42 bits per heavy atom. The second kappa shape index (κ2) is 5.24. The zero-order chi connectivity index (χ0) is 13.2. The largest absolute Gasteiger partial charge is 0.376 e. The van der Waals surface area contributed by atoms with Crippen LogP contribution in [-0.4, -0.2) is 50.5 Å². The van der Waals surface area contributed by atoms with Gasteiger partial charge in [-0.2, -0.15) is 9.36 Å². The molecule has 102 valence electrons. The first-order valence-electron chi connectivity index (χ1n) is 6.14. The van der Waals surface area contributed by atoms with Crippen LogP contribution in [0.2, 0.25) is 0 Å². The molecule has 7 nitrogen and oxygen atoms in total. The SMILES string of the molecule is CC1CN(Cn2nnn(-c3cccs3)c2=O)CCO1. The number of aromatic nitrogens is 4. The number of ether oxygens (including phenoxy) is 1. The molecule has 0 N–H and O–H groups in total. The summed E-state index contributed by atoms with van der Waals surface area (Å²) in [6, 6.07) is 3.73. The number of hydrogen-bond acceptors (Lipinski definition) is 6. The Labute approximate surface area is 114 Å². The molecular weight excluding hydrogens is 266 g/mol. The summed E-state index contributed by atoms with van der Waals surface area (Å²) in [6.45, 7) is 4.78. The Bertz CT molecular complexity index is 591. The van der Waals surface area contributed by atoms with E-state index in [-0.39, 0.29) is 11.8 Å². The lowest BCUT2D eigenvalue weighted by molar-refractivity contribution is -0.0311. The van der Waals surface area contributed by atoms with E-state index in [4.69, 9.17) is 4.74 Å². The van der Waals surface area contributed by atoms with Gasteiger partial charge in [0.25, 0.3) is 0 Å². The van der Waals surface area contributed by atoms with Gasteiger partial charge in [-0.3, -0.25) is 4.90 Å². The minimum absolute atomic E-state index is 0.191. The molecule has 1 aliphatic rings. The maximum atomic E-state index is 12.2. The summed E-state index contributed by atoms with van der Waals surface area (Å²) < 4.78 is 8.19. The Balaban J connectivity index is 1.77. The Morgan fingerprint density at radius 1 is 1.53 bits per heavy atom. The van der Waals surface area contributed by atoms with Gasteiger partial charge in [-0.1, -0.05) is 0 Å². The molecule has 1 atom stereocenters. The molecule has 2 aromatic rings. The van der Waals surface area contributed by atoms with Crippen molar-refractivity contribution < 1.29 is 4.74 Å². The van der Waals surface area contributed by atoms with Crippen molar-refractivity contribution in [1.82, 2.24) is 24.7 Å². The van der Waals surface area contributed by atoms with Crippen LogP contribution in [-0.2, 0) is 11.4 Å². The lowest BCUT2D eigenvalue weighted by Crippen LogP contribution is -2.43. The number of thiophene rings is 1. The Morgan fingerprint density at radius 3 is 3.16 bits per heavy atom. The van der Waals surface area contributed by atoms with Gasteiger partial charge in [-0.05, 0) is 34.9 Å². The van der Waals surface area contributed by atoms with Crippen molar-refractivity contribution in [2.75, 3.05) is 19.7 Å². The van der Waals surface area contributed by atoms with Gasteiger partial charge in [0.15, 0.2) is 0 Å². The highest BCUT2D eigenvalue weighted by Crippen LogP contribution is 2.10. The van der Waals surface area contributed by atoms with Crippen LogP contribution in [0.15, 0.2) is 22.3 Å². The molecule has 3 heterocycles. The third-order valence-corrected chi connectivity index (χ3v) is 3.86. The zero-order valence-electron chi connectivity index (χ0n) is 10.6. The van der Waals surface area contributed by atoms with Crippen LogP contribution < -0.4 is 5.69 Å². The molecule has 0 saturated carbocycles. The zero-order valence-corrected chi connectivity index (χ0v) is 11.4. The van der Waals surface area contributed by atoms with Gasteiger partial charge in [-0.15, -0.1) is 11.3 Å². The third-order valence-electron chi connectivity index (χ3n) is 3.01. The average molecular weight is 281 g/mol. The van der Waals surface area contributed by atoms with Crippen molar-refractivity contribution in [3.05, 3.63) is 28.0 Å². The number of morpholine rings is 1. The van der Waals surface area contributed by atoms with Crippen molar-refractivity contribution in [2.45, 2.75) is 19.7 Å². The Kier molecular flexibility index (Phi) is 3.45. The van der Waals surface area contributed by atoms with E-state index in [0.29, 0.717) is 13.3 Å². The van der Waals surface area contributed by atoms with Gasteiger partial charge in [0, 0.05) is 13.1 Å². The quantitative estimate of drug-likeness (QED) is 0.802. The normalized spacial score (nSPS) is 20.8. The van der Waals surface area contributed by atoms with Crippen LogP contribution in [0.25, 0.3) is 5.00 Å². The van der Waals surface area contributed by atoms with E-state index in [2.05, 4.69) is 15.3 Å². The smallest absolute Gasteiger partial charge is 0.370 e. The van der Waals surface area contributed by atoms with Gasteiger partial charge in [-0.25, -0.2) is 4.79 Å². The number of hydrogen-bond donors (Lipinski definition) is 0. The third kappa shape index (κ3) is 2.60. The molecule has 1 fully saturated rings. The number of rotatable bonds is 3. The first-order chi connectivity index (χ1) is 9.24. The van der Waals surface area contributed by atoms with Gasteiger partial charge < -0.3 is 4.74 Å². The van der Waals surface area contributed by atoms with Crippen molar-refractivity contribution in [3.8, 4) is 5.00 Å². The van der Waals surface area contributed by atoms with E-state index in [1.165, 1.54) is 20.7 Å². The van der Waals surface area contributed by atoms with E-state index in [1.807, 2.05) is 24.4 Å². The highest BCUT2D eigenvalue weighted by molar-refractivity contribution is 7.12. The standard InChI is InChI=1S/C11H15N5O2S/c1-9-7-14(4-5-18-9)8-15-11(17)16(13-12-15)10-3-2-6-19-10/h2-3,6,9H,4-5,7-8H2,1H3. The lowest BCUT2D eigenvalue weighted by atomic mass is 10.3. The van der Waals surface area contributed by atoms with Crippen molar-refractivity contribution in [3.63, 3.8) is 0 Å². The van der Waals surface area contributed by atoms with Gasteiger partial charge in [0.2, 0.25) is 0 Å². The second-order valence-corrected chi connectivity index (χ2v) is 5.45. The average Bonchev–Trinajstić information content (AvgIpc) is 3.01. The van der Waals surface area contributed by atoms with Crippen molar-refractivity contribution in [2.24, 2.45) is 0 Å². The first-order valence-corrected chi connectivity index (χ1v) is 7.02. The van der Waals surface area contributed by atoms with Gasteiger partial charge in [0.1, 0.15) is 11.7 Å². The summed E-state index contributed by atoms with van der Waals surface area (Å²) in [7, 11) is 0. The number of tetrazole rings is 1. The molecular formula is C11H15N5O2S. The van der Waals surface area contributed by atoms with Crippen molar-refractivity contribution >= 4 is 11.3 Å². The van der Waals surface area contributed by atoms with Gasteiger partial charge in [0.05, 0.1) is 12.7 Å². The van der Waals surface area contributed by atoms with E-state index in [9.17, 15) is 4.79 Å². The fourth-order valence-corrected chi connectivity index (χ4v) is 2.77. The Hall–Kier alpha value is -1.51. The maximum Gasteiger partial charge on any atom is 0.370 e. The minimum atomic E-state index is -0.207. The monoisotopic (exact) mass is 281 g/mol. The highest BCUT2D eigenvalue weighted by Gasteiger charge is 2.19. The predicted molar refractivity (Wildman–Crippen MR) is 70.5 cm³/mol. The van der Waals surface area contributed by atoms with Crippen LogP contribution in [0.3, 0.4) is 0 Å². The summed E-state index contributed by atoms with van der Waals surface area (Å²) in [5.74, 6) is 0. The molecule has 8 heteroatoms. The summed E-state index contributed by atoms with van der Waals surface area (Å²) in [5.41, 5.74) is -0.207. The summed E-state index contributed by atoms with van der Waals surface area (Å²) in [4.78, 5) is 14.3. The molecule has 0 spiro atoms. The fraction of sp³-hybridized carbons (Fsp3) is 0.545. The predicted octanol–water partition coefficient (Wildman–Crippen LogP) is 0.169. The molecule has 0 aliphatic carbocycles. The lowest BCUT2D eigenvalue weighted by Gasteiger charge is -2.30. The van der Waals surface area contributed by atoms with Crippen LogP contribution >= 0.6 is 11.3 Å². The first kappa shape index (κ1) is 12.5. The second-order valence-electron chi connectivity index (χ2n) is 4.52. The number of nitrogens with zero attached hydrogens (tertiary/aromatic N) is 5. The van der Waals surface area contributed by atoms with Crippen LogP contribution in [0, 0.1) is 0 Å². The molecule has 0 aromatic carbocycles. The van der Waals surface area contributed by atoms with Crippen LogP contribution in [0.5, 0.6) is 0 Å². The van der Waals surface area contributed by atoms with E-state index in [0.717, 1.165) is 18.1 Å².